The van der Waals surface area contributed by atoms with Crippen molar-refractivity contribution >= 4 is 0 Å². The zero-order chi connectivity index (χ0) is 11.9. The molecule has 2 nitrogen and oxygen atoms in total. The summed E-state index contributed by atoms with van der Waals surface area (Å²) < 4.78 is 0. The Morgan fingerprint density at radius 3 is 2.53 bits per heavy atom. The molecule has 0 bridgehead atoms. The topological polar surface area (TPSA) is 23.5 Å². The van der Waals surface area contributed by atoms with Crippen molar-refractivity contribution in [2.75, 3.05) is 19.6 Å². The van der Waals surface area contributed by atoms with Crippen LogP contribution in [0.15, 0.2) is 30.3 Å². The molecule has 2 rings (SSSR count). The van der Waals surface area contributed by atoms with Crippen LogP contribution in [0.5, 0.6) is 0 Å². The molecule has 1 saturated heterocycles. The van der Waals surface area contributed by atoms with Gasteiger partial charge in [-0.05, 0) is 31.5 Å². The Morgan fingerprint density at radius 1 is 1.12 bits per heavy atom. The van der Waals surface area contributed by atoms with Crippen molar-refractivity contribution in [1.82, 2.24) is 4.90 Å². The minimum Gasteiger partial charge on any atom is -0.376 e. The number of piperidine rings is 1. The Labute approximate surface area is 103 Å². The van der Waals surface area contributed by atoms with Crippen molar-refractivity contribution in [1.29, 1.82) is 0 Å². The van der Waals surface area contributed by atoms with Crippen LogP contribution in [0.3, 0.4) is 0 Å². The summed E-state index contributed by atoms with van der Waals surface area (Å²) in [6.07, 6.45) is 3.25. The van der Waals surface area contributed by atoms with Crippen LogP contribution in [0.25, 0.3) is 0 Å². The number of rotatable bonds is 2. The molecular weight excluding hydrogens is 210 g/mol. The zero-order valence-electron chi connectivity index (χ0n) is 10.1. The van der Waals surface area contributed by atoms with E-state index in [-0.39, 0.29) is 0 Å². The van der Waals surface area contributed by atoms with Crippen LogP contribution in [-0.4, -0.2) is 29.6 Å². The van der Waals surface area contributed by atoms with E-state index in [1.54, 1.807) is 0 Å². The number of aliphatic hydroxyl groups excluding tert-OH is 1. The minimum absolute atomic E-state index is 0.652. The van der Waals surface area contributed by atoms with Gasteiger partial charge >= 0.3 is 0 Å². The smallest absolute Gasteiger partial charge is 0.140 e. The van der Waals surface area contributed by atoms with Gasteiger partial charge in [0.25, 0.3) is 0 Å². The van der Waals surface area contributed by atoms with E-state index in [2.05, 4.69) is 16.7 Å². The van der Waals surface area contributed by atoms with Crippen LogP contribution in [0.1, 0.15) is 30.9 Å². The van der Waals surface area contributed by atoms with E-state index >= 15 is 0 Å². The Balaban J connectivity index is 1.84. The van der Waals surface area contributed by atoms with Crippen molar-refractivity contribution < 1.29 is 5.11 Å². The van der Waals surface area contributed by atoms with E-state index in [4.69, 9.17) is 0 Å². The van der Waals surface area contributed by atoms with E-state index in [1.165, 1.54) is 19.3 Å². The highest BCUT2D eigenvalue weighted by atomic mass is 16.3. The second kappa shape index (κ2) is 6.44. The third-order valence-electron chi connectivity index (χ3n) is 3.11. The fraction of sp³-hybridized carbons (Fsp3) is 0.467. The third kappa shape index (κ3) is 3.89. The summed E-state index contributed by atoms with van der Waals surface area (Å²) in [6.45, 7) is 3.08. The quantitative estimate of drug-likeness (QED) is 0.786. The van der Waals surface area contributed by atoms with Crippen LogP contribution >= 0.6 is 0 Å². The Bertz CT molecular complexity index is 384. The normalized spacial score (nSPS) is 18.2. The fourth-order valence-corrected chi connectivity index (χ4v) is 2.09. The predicted molar refractivity (Wildman–Crippen MR) is 69.5 cm³/mol. The number of hydrogen-bond acceptors (Lipinski definition) is 2. The van der Waals surface area contributed by atoms with Crippen molar-refractivity contribution in [3.05, 3.63) is 35.9 Å². The molecule has 0 saturated carbocycles. The molecule has 17 heavy (non-hydrogen) atoms. The van der Waals surface area contributed by atoms with Gasteiger partial charge in [0.15, 0.2) is 0 Å². The molecule has 2 heteroatoms. The highest BCUT2D eigenvalue weighted by Gasteiger charge is 2.08. The van der Waals surface area contributed by atoms with Crippen molar-refractivity contribution in [3.8, 4) is 11.8 Å². The van der Waals surface area contributed by atoms with E-state index in [0.717, 1.165) is 25.2 Å². The Kier molecular flexibility index (Phi) is 4.61. The largest absolute Gasteiger partial charge is 0.376 e. The molecule has 1 N–H and O–H groups in total. The van der Waals surface area contributed by atoms with Gasteiger partial charge in [-0.1, -0.05) is 48.6 Å². The first kappa shape index (κ1) is 12.2. The lowest BCUT2D eigenvalue weighted by Gasteiger charge is -2.23. The third-order valence-corrected chi connectivity index (χ3v) is 3.11. The highest BCUT2D eigenvalue weighted by molar-refractivity contribution is 5.24. The van der Waals surface area contributed by atoms with Crippen molar-refractivity contribution in [2.45, 2.75) is 25.4 Å². The molecule has 1 aliphatic heterocycles. The lowest BCUT2D eigenvalue weighted by molar-refractivity contribution is 0.236. The first-order chi connectivity index (χ1) is 8.36. The molecule has 1 aromatic carbocycles. The van der Waals surface area contributed by atoms with Crippen molar-refractivity contribution in [3.63, 3.8) is 0 Å². The van der Waals surface area contributed by atoms with Crippen molar-refractivity contribution in [2.24, 2.45) is 0 Å². The second-order valence-electron chi connectivity index (χ2n) is 4.47. The number of benzene rings is 1. The summed E-state index contributed by atoms with van der Waals surface area (Å²) in [5.41, 5.74) is 0.874. The average molecular weight is 229 g/mol. The van der Waals surface area contributed by atoms with Crippen LogP contribution in [0.2, 0.25) is 0 Å². The van der Waals surface area contributed by atoms with Crippen LogP contribution in [0, 0.1) is 11.8 Å². The molecule has 0 aliphatic carbocycles. The molecule has 0 amide bonds. The molecule has 90 valence electrons. The van der Waals surface area contributed by atoms with Gasteiger partial charge in [-0.25, -0.2) is 0 Å². The fourth-order valence-electron chi connectivity index (χ4n) is 2.09. The van der Waals surface area contributed by atoms with Gasteiger partial charge in [0.05, 0.1) is 6.54 Å². The Morgan fingerprint density at radius 2 is 1.82 bits per heavy atom. The summed E-state index contributed by atoms with van der Waals surface area (Å²) >= 11 is 0. The molecule has 1 heterocycles. The number of nitrogens with zero attached hydrogens (tertiary/aromatic N) is 1. The molecule has 1 aromatic rings. The molecule has 1 atom stereocenters. The SMILES string of the molecule is O[C@H](C#CCN1CCCCC1)c1ccccc1. The summed E-state index contributed by atoms with van der Waals surface area (Å²) in [5.74, 6) is 5.99. The maximum atomic E-state index is 9.86. The Hall–Kier alpha value is -1.30. The molecule has 0 spiro atoms. The van der Waals surface area contributed by atoms with Gasteiger partial charge in [-0.15, -0.1) is 0 Å². The molecule has 1 aliphatic rings. The molecular formula is C15H19NO. The molecule has 0 radical (unpaired) electrons. The lowest BCUT2D eigenvalue weighted by atomic mass is 10.1. The number of hydrogen-bond donors (Lipinski definition) is 1. The molecule has 0 aromatic heterocycles. The zero-order valence-corrected chi connectivity index (χ0v) is 10.1. The van der Waals surface area contributed by atoms with Gasteiger partial charge in [-0.3, -0.25) is 4.90 Å². The highest BCUT2D eigenvalue weighted by Crippen LogP contribution is 2.10. The first-order valence-corrected chi connectivity index (χ1v) is 6.30. The van der Waals surface area contributed by atoms with Crippen LogP contribution in [0.4, 0.5) is 0 Å². The summed E-state index contributed by atoms with van der Waals surface area (Å²) in [7, 11) is 0. The summed E-state index contributed by atoms with van der Waals surface area (Å²) in [6, 6.07) is 9.59. The van der Waals surface area contributed by atoms with Crippen LogP contribution in [-0.2, 0) is 0 Å². The van der Waals surface area contributed by atoms with Gasteiger partial charge in [0.1, 0.15) is 6.10 Å². The number of likely N-dealkylation sites (tertiary alicyclic amines) is 1. The van der Waals surface area contributed by atoms with E-state index in [1.807, 2.05) is 30.3 Å². The summed E-state index contributed by atoms with van der Waals surface area (Å²) in [5, 5.41) is 9.86. The monoisotopic (exact) mass is 229 g/mol. The van der Waals surface area contributed by atoms with Crippen LogP contribution < -0.4 is 0 Å². The predicted octanol–water partition coefficient (Wildman–Crippen LogP) is 2.21. The summed E-state index contributed by atoms with van der Waals surface area (Å²) in [4.78, 5) is 2.36. The standard InChI is InChI=1S/C15H19NO/c17-15(14-8-3-1-4-9-14)10-7-13-16-11-5-2-6-12-16/h1,3-4,8-9,15,17H,2,5-6,11-13H2/t15-/m1/s1. The first-order valence-electron chi connectivity index (χ1n) is 6.30. The lowest BCUT2D eigenvalue weighted by Crippen LogP contribution is -2.29. The van der Waals surface area contributed by atoms with E-state index in [9.17, 15) is 5.11 Å². The van der Waals surface area contributed by atoms with Gasteiger partial charge in [-0.2, -0.15) is 0 Å². The van der Waals surface area contributed by atoms with Gasteiger partial charge in [0.2, 0.25) is 0 Å². The maximum absolute atomic E-state index is 9.86. The minimum atomic E-state index is -0.652. The number of aliphatic hydroxyl groups is 1. The van der Waals surface area contributed by atoms with Gasteiger partial charge in [0, 0.05) is 0 Å². The second-order valence-corrected chi connectivity index (χ2v) is 4.47. The van der Waals surface area contributed by atoms with E-state index < -0.39 is 6.10 Å². The van der Waals surface area contributed by atoms with E-state index in [0.29, 0.717) is 0 Å². The maximum Gasteiger partial charge on any atom is 0.140 e. The molecule has 0 unspecified atom stereocenters. The van der Waals surface area contributed by atoms with Gasteiger partial charge < -0.3 is 5.11 Å². The molecule has 1 fully saturated rings. The average Bonchev–Trinajstić information content (AvgIpc) is 2.41.